The highest BCUT2D eigenvalue weighted by Crippen LogP contribution is 1.97. The first kappa shape index (κ1) is 13.3. The highest BCUT2D eigenvalue weighted by atomic mass is 13.8. The van der Waals surface area contributed by atoms with E-state index in [2.05, 4.69) is 37.8 Å². The van der Waals surface area contributed by atoms with E-state index in [4.69, 9.17) is 0 Å². The van der Waals surface area contributed by atoms with E-state index in [0.717, 1.165) is 19.3 Å². The molecular weight excluding hydrogens is 168 g/mol. The average molecular weight is 192 g/mol. The van der Waals surface area contributed by atoms with Crippen LogP contribution in [0.25, 0.3) is 0 Å². The maximum Gasteiger partial charge on any atom is 0.0123 e. The monoisotopic (exact) mass is 192 g/mol. The largest absolute Gasteiger partial charge is 0.103 e. The van der Waals surface area contributed by atoms with E-state index in [1.54, 1.807) is 0 Å². The van der Waals surface area contributed by atoms with E-state index in [1.165, 1.54) is 32.1 Å². The van der Waals surface area contributed by atoms with Gasteiger partial charge in [0.05, 0.1) is 0 Å². The summed E-state index contributed by atoms with van der Waals surface area (Å²) >= 11 is 0. The Hall–Kier alpha value is -0.700. The van der Waals surface area contributed by atoms with Gasteiger partial charge in [-0.3, -0.25) is 0 Å². The molecule has 14 heavy (non-hydrogen) atoms. The van der Waals surface area contributed by atoms with Crippen molar-refractivity contribution in [2.24, 2.45) is 0 Å². The topological polar surface area (TPSA) is 0 Å². The molecule has 0 saturated carbocycles. The molecule has 0 radical (unpaired) electrons. The molecule has 0 aliphatic rings. The van der Waals surface area contributed by atoms with Crippen LogP contribution in [0.15, 0.2) is 12.2 Å². The molecule has 0 aliphatic heterocycles. The Kier molecular flexibility index (Phi) is 11.7. The summed E-state index contributed by atoms with van der Waals surface area (Å²) < 4.78 is 0. The minimum Gasteiger partial charge on any atom is -0.103 e. The van der Waals surface area contributed by atoms with Gasteiger partial charge in [-0.25, -0.2) is 0 Å². The predicted molar refractivity (Wildman–Crippen MR) is 65.2 cm³/mol. The second-order valence-corrected chi connectivity index (χ2v) is 3.61. The Balaban J connectivity index is 3.17. The predicted octanol–water partition coefficient (Wildman–Crippen LogP) is 4.71. The van der Waals surface area contributed by atoms with Crippen molar-refractivity contribution in [2.75, 3.05) is 0 Å². The third-order valence-electron chi connectivity index (χ3n) is 2.11. The van der Waals surface area contributed by atoms with Crippen molar-refractivity contribution in [1.82, 2.24) is 0 Å². The molecule has 0 rings (SSSR count). The van der Waals surface area contributed by atoms with Crippen LogP contribution in [0.2, 0.25) is 0 Å². The van der Waals surface area contributed by atoms with Crippen LogP contribution in [0, 0.1) is 11.8 Å². The van der Waals surface area contributed by atoms with E-state index < -0.39 is 0 Å². The first-order valence-corrected chi connectivity index (χ1v) is 6.02. The van der Waals surface area contributed by atoms with Gasteiger partial charge in [0.25, 0.3) is 0 Å². The van der Waals surface area contributed by atoms with Crippen LogP contribution in [0.1, 0.15) is 65.2 Å². The van der Waals surface area contributed by atoms with Gasteiger partial charge in [0.15, 0.2) is 0 Å². The molecule has 0 nitrogen and oxygen atoms in total. The van der Waals surface area contributed by atoms with Gasteiger partial charge in [0, 0.05) is 12.8 Å². The summed E-state index contributed by atoms with van der Waals surface area (Å²) in [5.41, 5.74) is 0. The molecule has 0 aliphatic carbocycles. The molecule has 0 heterocycles. The third-order valence-corrected chi connectivity index (χ3v) is 2.11. The lowest BCUT2D eigenvalue weighted by Gasteiger charge is -1.88. The lowest BCUT2D eigenvalue weighted by molar-refractivity contribution is 0.811. The van der Waals surface area contributed by atoms with Crippen molar-refractivity contribution in [3.63, 3.8) is 0 Å². The second kappa shape index (κ2) is 12.3. The molecule has 0 unspecified atom stereocenters. The standard InChI is InChI=1S/C14H24/c1-3-5-7-9-11-13-14-12-10-8-6-4-2/h9,11H,3-8,13-14H2,1-2H3. The van der Waals surface area contributed by atoms with Gasteiger partial charge in [0.1, 0.15) is 0 Å². The summed E-state index contributed by atoms with van der Waals surface area (Å²) in [6.45, 7) is 4.44. The van der Waals surface area contributed by atoms with E-state index in [-0.39, 0.29) is 0 Å². The Morgan fingerprint density at radius 1 is 0.786 bits per heavy atom. The fourth-order valence-corrected chi connectivity index (χ4v) is 1.16. The van der Waals surface area contributed by atoms with Gasteiger partial charge in [-0.2, -0.15) is 0 Å². The van der Waals surface area contributed by atoms with E-state index >= 15 is 0 Å². The van der Waals surface area contributed by atoms with Gasteiger partial charge >= 0.3 is 0 Å². The van der Waals surface area contributed by atoms with Crippen LogP contribution in [-0.4, -0.2) is 0 Å². The SMILES string of the molecule is CCCCC#CCCC=CCCCC. The van der Waals surface area contributed by atoms with Gasteiger partial charge in [0.2, 0.25) is 0 Å². The number of unbranched alkanes of at least 4 members (excludes halogenated alkanes) is 5. The second-order valence-electron chi connectivity index (χ2n) is 3.61. The molecule has 0 atom stereocenters. The van der Waals surface area contributed by atoms with Crippen molar-refractivity contribution in [3.05, 3.63) is 12.2 Å². The lowest BCUT2D eigenvalue weighted by atomic mass is 10.2. The zero-order valence-electron chi connectivity index (χ0n) is 9.81. The van der Waals surface area contributed by atoms with Crippen LogP contribution in [0.4, 0.5) is 0 Å². The summed E-state index contributed by atoms with van der Waals surface area (Å²) in [4.78, 5) is 0. The summed E-state index contributed by atoms with van der Waals surface area (Å²) in [6.07, 6.45) is 14.1. The quantitative estimate of drug-likeness (QED) is 0.311. The summed E-state index contributed by atoms with van der Waals surface area (Å²) in [5.74, 6) is 6.41. The molecule has 0 saturated heterocycles. The average Bonchev–Trinajstić information content (AvgIpc) is 2.21. The molecular formula is C14H24. The van der Waals surface area contributed by atoms with E-state index in [9.17, 15) is 0 Å². The highest BCUT2D eigenvalue weighted by Gasteiger charge is 1.79. The first-order chi connectivity index (χ1) is 6.91. The number of allylic oxidation sites excluding steroid dienone is 2. The minimum atomic E-state index is 1.03. The smallest absolute Gasteiger partial charge is 0.0123 e. The lowest BCUT2D eigenvalue weighted by Crippen LogP contribution is -1.70. The normalized spacial score (nSPS) is 10.1. The molecule has 0 aromatic carbocycles. The molecule has 80 valence electrons. The van der Waals surface area contributed by atoms with Gasteiger partial charge < -0.3 is 0 Å². The van der Waals surface area contributed by atoms with Gasteiger partial charge in [-0.05, 0) is 19.3 Å². The fourth-order valence-electron chi connectivity index (χ4n) is 1.16. The summed E-state index contributed by atoms with van der Waals surface area (Å²) in [7, 11) is 0. The zero-order chi connectivity index (χ0) is 10.5. The van der Waals surface area contributed by atoms with Crippen LogP contribution in [0.5, 0.6) is 0 Å². The molecule has 0 heteroatoms. The Morgan fingerprint density at radius 3 is 2.14 bits per heavy atom. The van der Waals surface area contributed by atoms with Crippen molar-refractivity contribution >= 4 is 0 Å². The number of rotatable bonds is 7. The van der Waals surface area contributed by atoms with E-state index in [1.807, 2.05) is 0 Å². The molecule has 0 amide bonds. The maximum atomic E-state index is 3.21. The van der Waals surface area contributed by atoms with Crippen molar-refractivity contribution < 1.29 is 0 Å². The van der Waals surface area contributed by atoms with Crippen LogP contribution < -0.4 is 0 Å². The third kappa shape index (κ3) is 11.3. The minimum absolute atomic E-state index is 1.03. The van der Waals surface area contributed by atoms with E-state index in [0.29, 0.717) is 0 Å². The molecule has 0 N–H and O–H groups in total. The van der Waals surface area contributed by atoms with Crippen LogP contribution in [0.3, 0.4) is 0 Å². The first-order valence-electron chi connectivity index (χ1n) is 6.02. The Labute approximate surface area is 89.8 Å². The number of hydrogen-bond acceptors (Lipinski definition) is 0. The van der Waals surface area contributed by atoms with Crippen molar-refractivity contribution in [3.8, 4) is 11.8 Å². The van der Waals surface area contributed by atoms with Crippen LogP contribution in [-0.2, 0) is 0 Å². The molecule has 0 aromatic rings. The fraction of sp³-hybridized carbons (Fsp3) is 0.714. The molecule has 0 fully saturated rings. The molecule has 0 spiro atoms. The Bertz CT molecular complexity index is 178. The zero-order valence-corrected chi connectivity index (χ0v) is 9.81. The van der Waals surface area contributed by atoms with Crippen LogP contribution >= 0.6 is 0 Å². The van der Waals surface area contributed by atoms with Gasteiger partial charge in [-0.1, -0.05) is 45.3 Å². The summed E-state index contributed by atoms with van der Waals surface area (Å²) in [5, 5.41) is 0. The maximum absolute atomic E-state index is 3.21. The molecule has 0 aromatic heterocycles. The van der Waals surface area contributed by atoms with Crippen molar-refractivity contribution in [2.45, 2.75) is 65.2 Å². The van der Waals surface area contributed by atoms with Crippen molar-refractivity contribution in [1.29, 1.82) is 0 Å². The number of hydrogen-bond donors (Lipinski definition) is 0. The highest BCUT2D eigenvalue weighted by molar-refractivity contribution is 5.00. The van der Waals surface area contributed by atoms with Gasteiger partial charge in [-0.15, -0.1) is 11.8 Å². The molecule has 0 bridgehead atoms. The Morgan fingerprint density at radius 2 is 1.43 bits per heavy atom. The summed E-state index contributed by atoms with van der Waals surface area (Å²) in [6, 6.07) is 0.